The molecule has 0 spiro atoms. The van der Waals surface area contributed by atoms with Crippen molar-refractivity contribution in [1.29, 1.82) is 5.26 Å². The van der Waals surface area contributed by atoms with Gasteiger partial charge in [0.15, 0.2) is 5.78 Å². The maximum absolute atomic E-state index is 11.3. The smallest absolute Gasteiger partial charge is 0.156 e. The van der Waals surface area contributed by atoms with Gasteiger partial charge in [0.25, 0.3) is 0 Å². The van der Waals surface area contributed by atoms with Crippen LogP contribution >= 0.6 is 0 Å². The SMILES string of the molecule is CC(C)C.CC(C)C(=O)Cn1cc(CC#N)nn1.Cc1ccccc1. The van der Waals surface area contributed by atoms with Crippen molar-refractivity contribution in [1.82, 2.24) is 15.0 Å². The number of Topliss-reactive ketones (excluding diaryl/α,β-unsaturated/α-hetero) is 1. The highest BCUT2D eigenvalue weighted by atomic mass is 16.1. The van der Waals surface area contributed by atoms with Crippen molar-refractivity contribution in [2.24, 2.45) is 11.8 Å². The standard InChI is InChI=1S/C9H12N4O.C7H8.C4H10/c1-7(2)9(14)6-13-5-8(3-4-10)11-12-13;1-7-5-3-2-4-6-7;1-4(2)3/h5,7H,3,6H2,1-2H3;2-6H,1H3;4H,1-3H3. The fourth-order valence-corrected chi connectivity index (χ4v) is 1.45. The number of hydrogen-bond donors (Lipinski definition) is 0. The summed E-state index contributed by atoms with van der Waals surface area (Å²) in [6.07, 6.45) is 1.86. The number of aromatic nitrogens is 3. The molecule has 1 heterocycles. The summed E-state index contributed by atoms with van der Waals surface area (Å²) in [5, 5.41) is 15.9. The predicted octanol–water partition coefficient (Wildman–Crippen LogP) is 4.23. The molecule has 0 fully saturated rings. The lowest BCUT2D eigenvalue weighted by atomic mass is 10.1. The Morgan fingerprint density at radius 3 is 2.12 bits per heavy atom. The highest BCUT2D eigenvalue weighted by molar-refractivity contribution is 5.79. The summed E-state index contributed by atoms with van der Waals surface area (Å²) < 4.78 is 1.47. The minimum atomic E-state index is -0.00128. The zero-order valence-electron chi connectivity index (χ0n) is 16.2. The van der Waals surface area contributed by atoms with Gasteiger partial charge in [0.2, 0.25) is 0 Å². The molecule has 136 valence electrons. The predicted molar refractivity (Wildman–Crippen MR) is 101 cm³/mol. The van der Waals surface area contributed by atoms with E-state index in [1.807, 2.05) is 38.1 Å². The Morgan fingerprint density at radius 1 is 1.16 bits per heavy atom. The van der Waals surface area contributed by atoms with Gasteiger partial charge in [-0.25, -0.2) is 4.68 Å². The van der Waals surface area contributed by atoms with Crippen molar-refractivity contribution in [2.45, 2.75) is 54.5 Å². The van der Waals surface area contributed by atoms with E-state index in [-0.39, 0.29) is 24.7 Å². The van der Waals surface area contributed by atoms with E-state index in [1.165, 1.54) is 10.2 Å². The lowest BCUT2D eigenvalue weighted by Gasteiger charge is -2.02. The number of benzene rings is 1. The number of nitrogens with zero attached hydrogens (tertiary/aromatic N) is 4. The maximum atomic E-state index is 11.3. The van der Waals surface area contributed by atoms with Crippen LogP contribution in [0.4, 0.5) is 0 Å². The fraction of sp³-hybridized carbons (Fsp3) is 0.500. The van der Waals surface area contributed by atoms with Crippen LogP contribution in [0.2, 0.25) is 0 Å². The summed E-state index contributed by atoms with van der Waals surface area (Å²) in [6, 6.07) is 12.2. The summed E-state index contributed by atoms with van der Waals surface area (Å²) in [5.74, 6) is 0.942. The van der Waals surface area contributed by atoms with Crippen molar-refractivity contribution < 1.29 is 4.79 Å². The highest BCUT2D eigenvalue weighted by Crippen LogP contribution is 1.99. The summed E-state index contributed by atoms with van der Waals surface area (Å²) in [5.41, 5.74) is 1.92. The minimum absolute atomic E-state index is 0.00128. The Bertz CT molecular complexity index is 636. The van der Waals surface area contributed by atoms with Crippen LogP contribution in [-0.2, 0) is 17.8 Å². The first-order chi connectivity index (χ1) is 11.8. The largest absolute Gasteiger partial charge is 0.297 e. The lowest BCUT2D eigenvalue weighted by Crippen LogP contribution is -2.15. The number of rotatable bonds is 4. The lowest BCUT2D eigenvalue weighted by molar-refractivity contribution is -0.122. The molecular formula is C20H30N4O. The van der Waals surface area contributed by atoms with Gasteiger partial charge in [0, 0.05) is 12.1 Å². The van der Waals surface area contributed by atoms with E-state index in [0.717, 1.165) is 5.92 Å². The van der Waals surface area contributed by atoms with Gasteiger partial charge < -0.3 is 0 Å². The van der Waals surface area contributed by atoms with E-state index >= 15 is 0 Å². The first-order valence-electron chi connectivity index (χ1n) is 8.56. The van der Waals surface area contributed by atoms with Gasteiger partial charge in [-0.3, -0.25) is 4.79 Å². The summed E-state index contributed by atoms with van der Waals surface area (Å²) in [7, 11) is 0. The highest BCUT2D eigenvalue weighted by Gasteiger charge is 2.09. The van der Waals surface area contributed by atoms with Gasteiger partial charge in [0.05, 0.1) is 18.2 Å². The number of carbonyl (C=O) groups is 1. The molecule has 25 heavy (non-hydrogen) atoms. The monoisotopic (exact) mass is 342 g/mol. The van der Waals surface area contributed by atoms with Gasteiger partial charge >= 0.3 is 0 Å². The van der Waals surface area contributed by atoms with E-state index in [0.29, 0.717) is 5.69 Å². The number of hydrogen-bond acceptors (Lipinski definition) is 4. The normalized spacial score (nSPS) is 9.56. The maximum Gasteiger partial charge on any atom is 0.156 e. The van der Waals surface area contributed by atoms with Crippen LogP contribution in [0.25, 0.3) is 0 Å². The third-order valence-corrected chi connectivity index (χ3v) is 2.75. The zero-order chi connectivity index (χ0) is 19.2. The quantitative estimate of drug-likeness (QED) is 0.833. The van der Waals surface area contributed by atoms with Gasteiger partial charge in [-0.15, -0.1) is 5.10 Å². The summed E-state index contributed by atoms with van der Waals surface area (Å²) in [6.45, 7) is 12.5. The molecule has 0 saturated heterocycles. The Balaban J connectivity index is 0.000000433. The average Bonchev–Trinajstić information content (AvgIpc) is 2.95. The van der Waals surface area contributed by atoms with Crippen molar-refractivity contribution in [3.05, 3.63) is 47.8 Å². The van der Waals surface area contributed by atoms with Gasteiger partial charge in [-0.05, 0) is 12.8 Å². The Hall–Kier alpha value is -2.48. The summed E-state index contributed by atoms with van der Waals surface area (Å²) in [4.78, 5) is 11.3. The Labute approximate surface area is 151 Å². The topological polar surface area (TPSA) is 71.6 Å². The molecule has 0 bridgehead atoms. The second-order valence-corrected chi connectivity index (χ2v) is 6.75. The molecule has 0 amide bonds. The molecule has 0 atom stereocenters. The molecule has 5 nitrogen and oxygen atoms in total. The average molecular weight is 342 g/mol. The molecule has 2 rings (SSSR count). The van der Waals surface area contributed by atoms with Crippen LogP contribution in [0.3, 0.4) is 0 Å². The zero-order valence-corrected chi connectivity index (χ0v) is 16.2. The van der Waals surface area contributed by atoms with Crippen LogP contribution in [-0.4, -0.2) is 20.8 Å². The molecule has 0 unspecified atom stereocenters. The Kier molecular flexibility index (Phi) is 11.6. The van der Waals surface area contributed by atoms with Crippen molar-refractivity contribution >= 4 is 5.78 Å². The molecule has 0 radical (unpaired) electrons. The van der Waals surface area contributed by atoms with E-state index < -0.39 is 0 Å². The van der Waals surface area contributed by atoms with E-state index in [9.17, 15) is 4.79 Å². The van der Waals surface area contributed by atoms with Crippen LogP contribution in [0, 0.1) is 30.1 Å². The molecule has 0 aliphatic rings. The van der Waals surface area contributed by atoms with Gasteiger partial charge in [0.1, 0.15) is 6.54 Å². The summed E-state index contributed by atoms with van der Waals surface area (Å²) >= 11 is 0. The number of carbonyl (C=O) groups excluding carboxylic acids is 1. The van der Waals surface area contributed by atoms with Crippen LogP contribution in [0.15, 0.2) is 36.5 Å². The van der Waals surface area contributed by atoms with Crippen LogP contribution in [0.1, 0.15) is 45.9 Å². The van der Waals surface area contributed by atoms with Crippen molar-refractivity contribution in [3.63, 3.8) is 0 Å². The third-order valence-electron chi connectivity index (χ3n) is 2.75. The van der Waals surface area contributed by atoms with Gasteiger partial charge in [-0.1, -0.05) is 75.7 Å². The first kappa shape index (κ1) is 22.5. The molecule has 0 N–H and O–H groups in total. The van der Waals surface area contributed by atoms with Crippen LogP contribution in [0.5, 0.6) is 0 Å². The van der Waals surface area contributed by atoms with E-state index in [1.54, 1.807) is 6.20 Å². The molecule has 0 aliphatic heterocycles. The molecule has 0 aliphatic carbocycles. The van der Waals surface area contributed by atoms with E-state index in [4.69, 9.17) is 5.26 Å². The molecular weight excluding hydrogens is 312 g/mol. The number of ketones is 1. The van der Waals surface area contributed by atoms with Crippen molar-refractivity contribution in [3.8, 4) is 6.07 Å². The number of aryl methyl sites for hydroxylation is 1. The fourth-order valence-electron chi connectivity index (χ4n) is 1.45. The minimum Gasteiger partial charge on any atom is -0.297 e. The van der Waals surface area contributed by atoms with Gasteiger partial charge in [-0.2, -0.15) is 5.26 Å². The second kappa shape index (κ2) is 12.9. The molecule has 1 aromatic heterocycles. The Morgan fingerprint density at radius 2 is 1.72 bits per heavy atom. The molecule has 5 heteroatoms. The third kappa shape index (κ3) is 12.6. The molecule has 2 aromatic rings. The second-order valence-electron chi connectivity index (χ2n) is 6.75. The van der Waals surface area contributed by atoms with Crippen molar-refractivity contribution in [2.75, 3.05) is 0 Å². The first-order valence-corrected chi connectivity index (χ1v) is 8.56. The molecule has 0 saturated carbocycles. The number of nitriles is 1. The molecule has 1 aromatic carbocycles. The van der Waals surface area contributed by atoms with E-state index in [2.05, 4.69) is 50.1 Å². The van der Waals surface area contributed by atoms with Crippen LogP contribution < -0.4 is 0 Å².